The summed E-state index contributed by atoms with van der Waals surface area (Å²) >= 11 is 12.0. The van der Waals surface area contributed by atoms with Gasteiger partial charge in [-0.3, -0.25) is 4.79 Å². The predicted octanol–water partition coefficient (Wildman–Crippen LogP) is 3.10. The Kier molecular flexibility index (Phi) is 4.20. The highest BCUT2D eigenvalue weighted by Crippen LogP contribution is 2.34. The van der Waals surface area contributed by atoms with Crippen LogP contribution in [0.2, 0.25) is 10.0 Å². The van der Waals surface area contributed by atoms with Gasteiger partial charge in [-0.05, 0) is 23.6 Å². The maximum atomic E-state index is 11.9. The Hall–Kier alpha value is -1.72. The minimum atomic E-state index is -0.403. The third kappa shape index (κ3) is 3.05. The van der Waals surface area contributed by atoms with E-state index in [4.69, 9.17) is 33.8 Å². The molecule has 1 aromatic heterocycles. The zero-order chi connectivity index (χ0) is 14.9. The van der Waals surface area contributed by atoms with Crippen LogP contribution in [0.1, 0.15) is 25.3 Å². The zero-order valence-corrected chi connectivity index (χ0v) is 12.4. The van der Waals surface area contributed by atoms with Crippen molar-refractivity contribution in [3.05, 3.63) is 50.4 Å². The predicted molar refractivity (Wildman–Crippen MR) is 79.5 cm³/mol. The second kappa shape index (κ2) is 5.73. The van der Waals surface area contributed by atoms with E-state index in [-0.39, 0.29) is 21.7 Å². The fourth-order valence-electron chi connectivity index (χ4n) is 1.55. The third-order valence-corrected chi connectivity index (χ3v) is 3.22. The largest absolute Gasteiger partial charge is 0.399 e. The summed E-state index contributed by atoms with van der Waals surface area (Å²) in [4.78, 5) is 18.1. The number of hydrogen-bond acceptors (Lipinski definition) is 4. The first kappa shape index (κ1) is 14.7. The van der Waals surface area contributed by atoms with Crippen molar-refractivity contribution in [2.45, 2.75) is 19.8 Å². The van der Waals surface area contributed by atoms with Gasteiger partial charge in [0.15, 0.2) is 5.75 Å². The first-order chi connectivity index (χ1) is 9.38. The standard InChI is InChI=1S/C13H13Cl2N3O2/c1-7(2)8-3-12(19)18(17-6-8)20-13-10(14)4-9(16)5-11(13)15/h3-7H,16H2,1-2H3. The van der Waals surface area contributed by atoms with Crippen LogP contribution in [-0.4, -0.2) is 9.94 Å². The molecule has 0 amide bonds. The third-order valence-electron chi connectivity index (χ3n) is 2.66. The maximum absolute atomic E-state index is 11.9. The van der Waals surface area contributed by atoms with Gasteiger partial charge in [0.05, 0.1) is 16.2 Å². The van der Waals surface area contributed by atoms with E-state index in [1.807, 2.05) is 13.8 Å². The van der Waals surface area contributed by atoms with Crippen molar-refractivity contribution in [3.8, 4) is 5.75 Å². The normalized spacial score (nSPS) is 10.8. The molecule has 0 saturated carbocycles. The molecule has 2 N–H and O–H groups in total. The molecule has 0 unspecified atom stereocenters. The van der Waals surface area contributed by atoms with Gasteiger partial charge in [-0.15, -0.1) is 5.10 Å². The summed E-state index contributed by atoms with van der Waals surface area (Å²) < 4.78 is 0. The zero-order valence-electron chi connectivity index (χ0n) is 10.9. The van der Waals surface area contributed by atoms with Crippen molar-refractivity contribution in [1.82, 2.24) is 9.94 Å². The Bertz CT molecular complexity index is 675. The van der Waals surface area contributed by atoms with Crippen molar-refractivity contribution in [1.29, 1.82) is 0 Å². The van der Waals surface area contributed by atoms with Gasteiger partial charge in [0.1, 0.15) is 0 Å². The van der Waals surface area contributed by atoms with Crippen LogP contribution in [0.3, 0.4) is 0 Å². The van der Waals surface area contributed by atoms with Crippen LogP contribution in [0, 0.1) is 0 Å². The Labute approximate surface area is 125 Å². The van der Waals surface area contributed by atoms with Gasteiger partial charge in [-0.2, -0.15) is 0 Å². The summed E-state index contributed by atoms with van der Waals surface area (Å²) in [6.45, 7) is 3.94. The highest BCUT2D eigenvalue weighted by molar-refractivity contribution is 6.37. The summed E-state index contributed by atoms with van der Waals surface area (Å²) in [5, 5.41) is 4.34. The number of aromatic nitrogens is 2. The van der Waals surface area contributed by atoms with Gasteiger partial charge in [0, 0.05) is 11.8 Å². The first-order valence-electron chi connectivity index (χ1n) is 5.90. The fourth-order valence-corrected chi connectivity index (χ4v) is 2.12. The molecule has 7 heteroatoms. The molecule has 0 aliphatic carbocycles. The molecule has 0 aliphatic heterocycles. The lowest BCUT2D eigenvalue weighted by molar-refractivity contribution is 0.164. The number of nitrogen functional groups attached to an aromatic ring is 1. The van der Waals surface area contributed by atoms with Gasteiger partial charge in [-0.25, -0.2) is 0 Å². The SMILES string of the molecule is CC(C)c1cnn(Oc2c(Cl)cc(N)cc2Cl)c(=O)c1. The topological polar surface area (TPSA) is 70.1 Å². The Morgan fingerprint density at radius 2 is 1.85 bits per heavy atom. The highest BCUT2D eigenvalue weighted by atomic mass is 35.5. The molecule has 2 rings (SSSR count). The minimum Gasteiger partial charge on any atom is -0.399 e. The van der Waals surface area contributed by atoms with Crippen LogP contribution < -0.4 is 16.1 Å². The average Bonchev–Trinajstić information content (AvgIpc) is 2.34. The number of rotatable bonds is 3. The van der Waals surface area contributed by atoms with E-state index in [2.05, 4.69) is 5.10 Å². The molecule has 1 heterocycles. The summed E-state index contributed by atoms with van der Waals surface area (Å²) in [5.41, 5.74) is 6.42. The van der Waals surface area contributed by atoms with Crippen molar-refractivity contribution in [2.75, 3.05) is 5.73 Å². The molecule has 0 spiro atoms. The molecule has 0 atom stereocenters. The second-order valence-corrected chi connectivity index (χ2v) is 5.37. The molecule has 1 aromatic carbocycles. The average molecular weight is 314 g/mol. The first-order valence-corrected chi connectivity index (χ1v) is 6.66. The van der Waals surface area contributed by atoms with E-state index in [0.29, 0.717) is 5.69 Å². The molecule has 0 saturated heterocycles. The van der Waals surface area contributed by atoms with Gasteiger partial charge in [0.25, 0.3) is 0 Å². The van der Waals surface area contributed by atoms with Gasteiger partial charge >= 0.3 is 5.56 Å². The number of hydrogen-bond donors (Lipinski definition) is 1. The quantitative estimate of drug-likeness (QED) is 0.884. The lowest BCUT2D eigenvalue weighted by Crippen LogP contribution is -2.27. The highest BCUT2D eigenvalue weighted by Gasteiger charge is 2.12. The number of halogens is 2. The summed E-state index contributed by atoms with van der Waals surface area (Å²) in [7, 11) is 0. The molecule has 0 fully saturated rings. The number of nitrogens with zero attached hydrogens (tertiary/aromatic N) is 2. The molecular weight excluding hydrogens is 301 g/mol. The Morgan fingerprint density at radius 3 is 2.35 bits per heavy atom. The summed E-state index contributed by atoms with van der Waals surface area (Å²) in [6, 6.07) is 4.42. The minimum absolute atomic E-state index is 0.134. The van der Waals surface area contributed by atoms with Crippen LogP contribution >= 0.6 is 23.2 Å². The number of anilines is 1. The van der Waals surface area contributed by atoms with E-state index >= 15 is 0 Å². The molecule has 0 aliphatic rings. The van der Waals surface area contributed by atoms with Crippen LogP contribution in [0.25, 0.3) is 0 Å². The maximum Gasteiger partial charge on any atom is 0.303 e. The lowest BCUT2D eigenvalue weighted by Gasteiger charge is -2.11. The summed E-state index contributed by atoms with van der Waals surface area (Å²) in [5.74, 6) is 0.336. The van der Waals surface area contributed by atoms with Crippen molar-refractivity contribution >= 4 is 28.9 Å². The molecule has 0 radical (unpaired) electrons. The monoisotopic (exact) mass is 313 g/mol. The van der Waals surface area contributed by atoms with Gasteiger partial charge < -0.3 is 10.6 Å². The molecular formula is C13H13Cl2N3O2. The van der Waals surface area contributed by atoms with E-state index in [1.165, 1.54) is 18.2 Å². The smallest absolute Gasteiger partial charge is 0.303 e. The molecule has 2 aromatic rings. The molecule has 5 nitrogen and oxygen atoms in total. The molecule has 20 heavy (non-hydrogen) atoms. The lowest BCUT2D eigenvalue weighted by atomic mass is 10.1. The van der Waals surface area contributed by atoms with Gasteiger partial charge in [-0.1, -0.05) is 41.9 Å². The van der Waals surface area contributed by atoms with Crippen LogP contribution in [0.15, 0.2) is 29.2 Å². The van der Waals surface area contributed by atoms with Crippen molar-refractivity contribution in [3.63, 3.8) is 0 Å². The Balaban J connectivity index is 2.38. The molecule has 0 bridgehead atoms. The van der Waals surface area contributed by atoms with Gasteiger partial charge in [0.2, 0.25) is 0 Å². The van der Waals surface area contributed by atoms with Crippen molar-refractivity contribution in [2.24, 2.45) is 0 Å². The molecule has 106 valence electrons. The van der Waals surface area contributed by atoms with E-state index in [1.54, 1.807) is 6.20 Å². The fraction of sp³-hybridized carbons (Fsp3) is 0.231. The van der Waals surface area contributed by atoms with E-state index < -0.39 is 5.56 Å². The summed E-state index contributed by atoms with van der Waals surface area (Å²) in [6.07, 6.45) is 1.56. The number of nitrogens with two attached hydrogens (primary N) is 1. The van der Waals surface area contributed by atoms with Crippen LogP contribution in [0.4, 0.5) is 5.69 Å². The van der Waals surface area contributed by atoms with Crippen LogP contribution in [-0.2, 0) is 0 Å². The number of benzene rings is 1. The van der Waals surface area contributed by atoms with Crippen molar-refractivity contribution < 1.29 is 4.84 Å². The van der Waals surface area contributed by atoms with E-state index in [0.717, 1.165) is 10.4 Å². The Morgan fingerprint density at radius 1 is 1.25 bits per heavy atom. The van der Waals surface area contributed by atoms with Crippen LogP contribution in [0.5, 0.6) is 5.75 Å². The second-order valence-electron chi connectivity index (χ2n) is 4.56. The van der Waals surface area contributed by atoms with E-state index in [9.17, 15) is 4.79 Å².